The van der Waals surface area contributed by atoms with E-state index in [9.17, 15) is 9.90 Å². The van der Waals surface area contributed by atoms with E-state index in [1.54, 1.807) is 0 Å². The van der Waals surface area contributed by atoms with Gasteiger partial charge in [-0.05, 0) is 20.8 Å². The molecule has 1 fully saturated rings. The first-order chi connectivity index (χ1) is 5.86. The highest BCUT2D eigenvalue weighted by atomic mass is 16.4. The summed E-state index contributed by atoms with van der Waals surface area (Å²) in [5.41, 5.74) is -0.336. The fourth-order valence-electron chi connectivity index (χ4n) is 2.22. The summed E-state index contributed by atoms with van der Waals surface area (Å²) in [4.78, 5) is 11.2. The van der Waals surface area contributed by atoms with Gasteiger partial charge in [-0.25, -0.2) is 4.48 Å². The average Bonchev–Trinajstić information content (AvgIpc) is 1.81. The molecule has 1 rings (SSSR count). The molecule has 4 heteroatoms. The van der Waals surface area contributed by atoms with Crippen LogP contribution in [-0.4, -0.2) is 45.5 Å². The van der Waals surface area contributed by atoms with Gasteiger partial charge in [-0.3, -0.25) is 0 Å². The van der Waals surface area contributed by atoms with E-state index < -0.39 is 6.09 Å². The van der Waals surface area contributed by atoms with Crippen LogP contribution in [0.25, 0.3) is 0 Å². The van der Waals surface area contributed by atoms with Crippen molar-refractivity contribution in [2.75, 3.05) is 13.2 Å². The van der Waals surface area contributed by atoms with Crippen molar-refractivity contribution in [3.05, 3.63) is 0 Å². The molecule has 0 radical (unpaired) electrons. The van der Waals surface area contributed by atoms with Crippen molar-refractivity contribution in [1.29, 1.82) is 0 Å². The van der Waals surface area contributed by atoms with Crippen molar-refractivity contribution in [3.8, 4) is 0 Å². The standard InChI is InChI=1S/C9H17NO3/c1-9(2,3)10(8(12)13)5-4-7(10)6-11/h7,11H,4-6H2,1-3H3/p+1/t7-,10?/m0/s1. The number of hydrogen-bond acceptors (Lipinski definition) is 2. The topological polar surface area (TPSA) is 57.5 Å². The molecule has 0 saturated carbocycles. The van der Waals surface area contributed by atoms with Crippen LogP contribution in [0.2, 0.25) is 0 Å². The number of amides is 1. The minimum atomic E-state index is -0.821. The maximum Gasteiger partial charge on any atom is 0.514 e. The molecule has 1 unspecified atom stereocenters. The summed E-state index contributed by atoms with van der Waals surface area (Å²) in [5, 5.41) is 18.2. The minimum Gasteiger partial charge on any atom is -0.435 e. The first-order valence-electron chi connectivity index (χ1n) is 4.58. The van der Waals surface area contributed by atoms with Crippen molar-refractivity contribution in [1.82, 2.24) is 0 Å². The van der Waals surface area contributed by atoms with Gasteiger partial charge in [0, 0.05) is 0 Å². The van der Waals surface area contributed by atoms with Crippen LogP contribution in [0.1, 0.15) is 27.2 Å². The molecule has 1 amide bonds. The summed E-state index contributed by atoms with van der Waals surface area (Å²) >= 11 is 0. The predicted octanol–water partition coefficient (Wildman–Crippen LogP) is 1.04. The normalized spacial score (nSPS) is 34.0. The molecule has 0 aliphatic carbocycles. The van der Waals surface area contributed by atoms with Crippen LogP contribution in [0.15, 0.2) is 0 Å². The Morgan fingerprint density at radius 1 is 1.54 bits per heavy atom. The largest absolute Gasteiger partial charge is 0.514 e. The van der Waals surface area contributed by atoms with E-state index in [1.807, 2.05) is 20.8 Å². The Bertz CT molecular complexity index is 219. The molecule has 2 N–H and O–H groups in total. The summed E-state index contributed by atoms with van der Waals surface area (Å²) in [7, 11) is 0. The Hall–Kier alpha value is -0.610. The van der Waals surface area contributed by atoms with Gasteiger partial charge in [0.2, 0.25) is 0 Å². The van der Waals surface area contributed by atoms with E-state index in [1.165, 1.54) is 0 Å². The SMILES string of the molecule is CC(C)(C)[N+]1(C(=O)O)CC[C@H]1CO. The number of hydrogen-bond donors (Lipinski definition) is 2. The lowest BCUT2D eigenvalue weighted by Gasteiger charge is -2.54. The molecule has 0 bridgehead atoms. The Labute approximate surface area is 78.4 Å². The lowest BCUT2D eigenvalue weighted by molar-refractivity contribution is -0.964. The molecular weight excluding hydrogens is 170 g/mol. The average molecular weight is 188 g/mol. The predicted molar refractivity (Wildman–Crippen MR) is 48.4 cm³/mol. The maximum absolute atomic E-state index is 11.2. The Balaban J connectivity index is 2.97. The van der Waals surface area contributed by atoms with Crippen molar-refractivity contribution in [2.24, 2.45) is 0 Å². The Morgan fingerprint density at radius 2 is 2.08 bits per heavy atom. The minimum absolute atomic E-state index is 0.00347. The summed E-state index contributed by atoms with van der Waals surface area (Å²) in [6.45, 7) is 6.31. The highest BCUT2D eigenvalue weighted by Crippen LogP contribution is 2.38. The molecule has 13 heavy (non-hydrogen) atoms. The monoisotopic (exact) mass is 188 g/mol. The molecular formula is C9H18NO3+. The molecule has 4 nitrogen and oxygen atoms in total. The molecule has 1 aliphatic rings. The van der Waals surface area contributed by atoms with Gasteiger partial charge in [0.25, 0.3) is 0 Å². The van der Waals surface area contributed by atoms with Crippen LogP contribution < -0.4 is 0 Å². The highest BCUT2D eigenvalue weighted by molar-refractivity contribution is 5.58. The third-order valence-electron chi connectivity index (χ3n) is 3.19. The van der Waals surface area contributed by atoms with E-state index in [0.29, 0.717) is 6.54 Å². The smallest absolute Gasteiger partial charge is 0.435 e. The summed E-state index contributed by atoms with van der Waals surface area (Å²) in [6.07, 6.45) is -0.0159. The summed E-state index contributed by atoms with van der Waals surface area (Å²) < 4.78 is 0.00347. The van der Waals surface area contributed by atoms with Gasteiger partial charge in [-0.15, -0.1) is 0 Å². The van der Waals surface area contributed by atoms with Gasteiger partial charge in [-0.1, -0.05) is 0 Å². The van der Waals surface area contributed by atoms with Crippen LogP contribution in [0.5, 0.6) is 0 Å². The molecule has 1 heterocycles. The van der Waals surface area contributed by atoms with Crippen LogP contribution in [-0.2, 0) is 0 Å². The second-order valence-electron chi connectivity index (χ2n) is 4.67. The van der Waals surface area contributed by atoms with Crippen LogP contribution in [0, 0.1) is 0 Å². The Morgan fingerprint density at radius 3 is 2.15 bits per heavy atom. The second-order valence-corrected chi connectivity index (χ2v) is 4.67. The maximum atomic E-state index is 11.2. The highest BCUT2D eigenvalue weighted by Gasteiger charge is 2.59. The lowest BCUT2D eigenvalue weighted by atomic mass is 9.88. The molecule has 1 saturated heterocycles. The third-order valence-corrected chi connectivity index (χ3v) is 3.19. The van der Waals surface area contributed by atoms with Gasteiger partial charge < -0.3 is 10.2 Å². The zero-order valence-corrected chi connectivity index (χ0v) is 8.45. The molecule has 0 aromatic carbocycles. The van der Waals surface area contributed by atoms with Gasteiger partial charge in [-0.2, -0.15) is 4.79 Å². The van der Waals surface area contributed by atoms with E-state index >= 15 is 0 Å². The third kappa shape index (κ3) is 1.25. The van der Waals surface area contributed by atoms with Gasteiger partial charge >= 0.3 is 6.09 Å². The number of likely N-dealkylation sites (tertiary alicyclic amines) is 1. The quantitative estimate of drug-likeness (QED) is 0.604. The second kappa shape index (κ2) is 2.96. The first-order valence-corrected chi connectivity index (χ1v) is 4.58. The Kier molecular flexibility index (Phi) is 2.38. The first kappa shape index (κ1) is 10.5. The van der Waals surface area contributed by atoms with Crippen molar-refractivity contribution in [2.45, 2.75) is 38.8 Å². The van der Waals surface area contributed by atoms with Crippen LogP contribution >= 0.6 is 0 Å². The van der Waals surface area contributed by atoms with Crippen molar-refractivity contribution in [3.63, 3.8) is 0 Å². The van der Waals surface area contributed by atoms with Crippen molar-refractivity contribution >= 4 is 6.09 Å². The summed E-state index contributed by atoms with van der Waals surface area (Å²) in [5.74, 6) is 0. The lowest BCUT2D eigenvalue weighted by Crippen LogP contribution is -2.76. The number of rotatable bonds is 1. The molecule has 0 spiro atoms. The van der Waals surface area contributed by atoms with Gasteiger partial charge in [0.15, 0.2) is 0 Å². The van der Waals surface area contributed by atoms with Gasteiger partial charge in [0.05, 0.1) is 19.6 Å². The van der Waals surface area contributed by atoms with E-state index in [4.69, 9.17) is 5.11 Å². The number of nitrogens with zero attached hydrogens (tertiary/aromatic N) is 1. The number of aliphatic hydroxyl groups is 1. The summed E-state index contributed by atoms with van der Waals surface area (Å²) in [6, 6.07) is -0.127. The van der Waals surface area contributed by atoms with Crippen molar-refractivity contribution < 1.29 is 19.5 Å². The zero-order chi connectivity index (χ0) is 10.3. The van der Waals surface area contributed by atoms with Crippen LogP contribution in [0.4, 0.5) is 4.79 Å². The molecule has 1 aliphatic heterocycles. The van der Waals surface area contributed by atoms with Gasteiger partial charge in [0.1, 0.15) is 11.6 Å². The molecule has 0 aromatic heterocycles. The number of quaternary nitrogens is 1. The van der Waals surface area contributed by atoms with E-state index in [0.717, 1.165) is 6.42 Å². The fraction of sp³-hybridized carbons (Fsp3) is 0.889. The van der Waals surface area contributed by atoms with E-state index in [-0.39, 0.29) is 22.7 Å². The van der Waals surface area contributed by atoms with Crippen LogP contribution in [0.3, 0.4) is 0 Å². The number of carboxylic acid groups (broad SMARTS) is 1. The molecule has 2 atom stereocenters. The number of aliphatic hydroxyl groups excluding tert-OH is 1. The zero-order valence-electron chi connectivity index (χ0n) is 8.45. The molecule has 0 aromatic rings. The fourth-order valence-corrected chi connectivity index (χ4v) is 2.22. The number of carbonyl (C=O) groups is 1. The van der Waals surface area contributed by atoms with E-state index in [2.05, 4.69) is 0 Å². The molecule has 76 valence electrons.